The van der Waals surface area contributed by atoms with E-state index in [0.717, 1.165) is 31.0 Å². The Kier molecular flexibility index (Phi) is 4.60. The summed E-state index contributed by atoms with van der Waals surface area (Å²) in [4.78, 5) is 11.9. The molecule has 3 rings (SSSR count). The summed E-state index contributed by atoms with van der Waals surface area (Å²) in [6.45, 7) is 3.10. The summed E-state index contributed by atoms with van der Waals surface area (Å²) >= 11 is 0. The Labute approximate surface area is 125 Å². The maximum absolute atomic E-state index is 11.9. The van der Waals surface area contributed by atoms with Gasteiger partial charge in [0, 0.05) is 6.42 Å². The Hall–Kier alpha value is -1.75. The van der Waals surface area contributed by atoms with Gasteiger partial charge in [-0.05, 0) is 44.0 Å². The molecule has 1 amide bonds. The molecule has 0 radical (unpaired) electrons. The fraction of sp³-hybridized carbons (Fsp3) is 0.562. The van der Waals surface area contributed by atoms with E-state index in [1.807, 2.05) is 24.3 Å². The average Bonchev–Trinajstić information content (AvgIpc) is 3.04. The zero-order chi connectivity index (χ0) is 14.5. The Morgan fingerprint density at radius 3 is 3.00 bits per heavy atom. The lowest BCUT2D eigenvalue weighted by molar-refractivity contribution is -0.121. The van der Waals surface area contributed by atoms with Crippen LogP contribution in [0.3, 0.4) is 0 Å². The zero-order valence-electron chi connectivity index (χ0n) is 12.1. The smallest absolute Gasteiger partial charge is 0.220 e. The molecule has 1 aromatic rings. The number of carbonyl (C=O) groups excluding carboxylic acids is 1. The highest BCUT2D eigenvalue weighted by molar-refractivity contribution is 5.75. The van der Waals surface area contributed by atoms with Gasteiger partial charge in [0.25, 0.3) is 0 Å². The lowest BCUT2D eigenvalue weighted by Crippen LogP contribution is -2.40. The fourth-order valence-electron chi connectivity index (χ4n) is 2.78. The second-order valence-corrected chi connectivity index (χ2v) is 5.70. The van der Waals surface area contributed by atoms with Gasteiger partial charge in [-0.25, -0.2) is 0 Å². The van der Waals surface area contributed by atoms with Crippen molar-refractivity contribution in [2.45, 2.75) is 25.4 Å². The quantitative estimate of drug-likeness (QED) is 0.859. The predicted molar refractivity (Wildman–Crippen MR) is 79.6 cm³/mol. The maximum Gasteiger partial charge on any atom is 0.220 e. The third kappa shape index (κ3) is 3.88. The summed E-state index contributed by atoms with van der Waals surface area (Å²) in [5.74, 6) is 2.27. The van der Waals surface area contributed by atoms with Crippen LogP contribution in [-0.2, 0) is 4.79 Å². The van der Waals surface area contributed by atoms with Crippen molar-refractivity contribution in [3.05, 3.63) is 24.3 Å². The van der Waals surface area contributed by atoms with Crippen LogP contribution in [0.5, 0.6) is 11.5 Å². The minimum atomic E-state index is -0.114. The molecular formula is C16H22N2O3. The summed E-state index contributed by atoms with van der Waals surface area (Å²) < 4.78 is 11.4. The van der Waals surface area contributed by atoms with Crippen molar-refractivity contribution >= 4 is 5.91 Å². The molecule has 0 bridgehead atoms. The lowest BCUT2D eigenvalue weighted by Gasteiger charge is -2.26. The topological polar surface area (TPSA) is 59.6 Å². The SMILES string of the molecule is O=C(CCC1CCNC1)NCC1COc2ccccc2O1. The van der Waals surface area contributed by atoms with Crippen LogP contribution >= 0.6 is 0 Å². The van der Waals surface area contributed by atoms with E-state index in [4.69, 9.17) is 9.47 Å². The Morgan fingerprint density at radius 1 is 1.33 bits per heavy atom. The maximum atomic E-state index is 11.9. The molecule has 5 nitrogen and oxygen atoms in total. The molecule has 2 aliphatic rings. The van der Waals surface area contributed by atoms with Crippen LogP contribution in [0.1, 0.15) is 19.3 Å². The highest BCUT2D eigenvalue weighted by Gasteiger charge is 2.21. The standard InChI is InChI=1S/C16H22N2O3/c19-16(6-5-12-7-8-17-9-12)18-10-13-11-20-14-3-1-2-4-15(14)21-13/h1-4,12-13,17H,5-11H2,(H,18,19). The van der Waals surface area contributed by atoms with Gasteiger partial charge in [-0.3, -0.25) is 4.79 Å². The van der Waals surface area contributed by atoms with Gasteiger partial charge < -0.3 is 20.1 Å². The molecule has 0 aliphatic carbocycles. The van der Waals surface area contributed by atoms with Gasteiger partial charge in [0.2, 0.25) is 5.91 Å². The highest BCUT2D eigenvalue weighted by atomic mass is 16.6. The predicted octanol–water partition coefficient (Wildman–Crippen LogP) is 1.33. The van der Waals surface area contributed by atoms with Crippen LogP contribution in [0, 0.1) is 5.92 Å². The van der Waals surface area contributed by atoms with Crippen molar-refractivity contribution in [2.24, 2.45) is 5.92 Å². The number of fused-ring (bicyclic) bond motifs is 1. The van der Waals surface area contributed by atoms with Crippen LogP contribution in [0.25, 0.3) is 0 Å². The summed E-state index contributed by atoms with van der Waals surface area (Å²) in [7, 11) is 0. The number of hydrogen-bond acceptors (Lipinski definition) is 4. The van der Waals surface area contributed by atoms with Crippen molar-refractivity contribution in [2.75, 3.05) is 26.2 Å². The van der Waals surface area contributed by atoms with E-state index in [1.54, 1.807) is 0 Å². The minimum absolute atomic E-state index is 0.101. The molecule has 5 heteroatoms. The Balaban J connectivity index is 1.38. The number of rotatable bonds is 5. The van der Waals surface area contributed by atoms with Crippen LogP contribution in [0.4, 0.5) is 0 Å². The third-order valence-corrected chi connectivity index (χ3v) is 4.04. The van der Waals surface area contributed by atoms with Crippen LogP contribution in [-0.4, -0.2) is 38.3 Å². The molecule has 1 fully saturated rings. The Bertz CT molecular complexity index is 486. The molecule has 2 aliphatic heterocycles. The molecular weight excluding hydrogens is 268 g/mol. The van der Waals surface area contributed by atoms with Gasteiger partial charge in [0.05, 0.1) is 6.54 Å². The molecule has 21 heavy (non-hydrogen) atoms. The summed E-state index contributed by atoms with van der Waals surface area (Å²) in [5.41, 5.74) is 0. The Morgan fingerprint density at radius 2 is 2.19 bits per heavy atom. The molecule has 1 aromatic carbocycles. The van der Waals surface area contributed by atoms with Gasteiger partial charge in [0.1, 0.15) is 12.7 Å². The van der Waals surface area contributed by atoms with Gasteiger partial charge in [-0.15, -0.1) is 0 Å². The molecule has 2 unspecified atom stereocenters. The van der Waals surface area contributed by atoms with Crippen LogP contribution < -0.4 is 20.1 Å². The second-order valence-electron chi connectivity index (χ2n) is 5.70. The second kappa shape index (κ2) is 6.80. The average molecular weight is 290 g/mol. The monoisotopic (exact) mass is 290 g/mol. The molecule has 2 N–H and O–H groups in total. The van der Waals surface area contributed by atoms with Gasteiger partial charge in [-0.2, -0.15) is 0 Å². The first-order valence-corrected chi connectivity index (χ1v) is 7.67. The van der Waals surface area contributed by atoms with E-state index in [1.165, 1.54) is 6.42 Å². The summed E-state index contributed by atoms with van der Waals surface area (Å²) in [6.07, 6.45) is 2.63. The fourth-order valence-corrected chi connectivity index (χ4v) is 2.78. The summed E-state index contributed by atoms with van der Waals surface area (Å²) in [6, 6.07) is 7.61. The number of amides is 1. The number of hydrogen-bond donors (Lipinski definition) is 2. The summed E-state index contributed by atoms with van der Waals surface area (Å²) in [5, 5.41) is 6.26. The first-order valence-electron chi connectivity index (χ1n) is 7.67. The third-order valence-electron chi connectivity index (χ3n) is 4.04. The normalized spacial score (nSPS) is 23.8. The molecule has 0 aromatic heterocycles. The first kappa shape index (κ1) is 14.2. The highest BCUT2D eigenvalue weighted by Crippen LogP contribution is 2.30. The van der Waals surface area contributed by atoms with E-state index in [9.17, 15) is 4.79 Å². The van der Waals surface area contributed by atoms with Crippen molar-refractivity contribution in [3.63, 3.8) is 0 Å². The van der Waals surface area contributed by atoms with Gasteiger partial charge in [-0.1, -0.05) is 12.1 Å². The van der Waals surface area contributed by atoms with E-state index in [-0.39, 0.29) is 12.0 Å². The zero-order valence-corrected chi connectivity index (χ0v) is 12.1. The molecule has 1 saturated heterocycles. The van der Waals surface area contributed by atoms with E-state index >= 15 is 0 Å². The van der Waals surface area contributed by atoms with Crippen molar-refractivity contribution in [3.8, 4) is 11.5 Å². The van der Waals surface area contributed by atoms with E-state index in [2.05, 4.69) is 10.6 Å². The van der Waals surface area contributed by atoms with Gasteiger partial charge in [0.15, 0.2) is 11.5 Å². The molecule has 0 saturated carbocycles. The number of para-hydroxylation sites is 2. The van der Waals surface area contributed by atoms with Crippen molar-refractivity contribution in [1.82, 2.24) is 10.6 Å². The number of benzene rings is 1. The van der Waals surface area contributed by atoms with Gasteiger partial charge >= 0.3 is 0 Å². The van der Waals surface area contributed by atoms with Crippen LogP contribution in [0.2, 0.25) is 0 Å². The molecule has 2 heterocycles. The number of ether oxygens (including phenoxy) is 2. The largest absolute Gasteiger partial charge is 0.486 e. The van der Waals surface area contributed by atoms with E-state index in [0.29, 0.717) is 25.5 Å². The van der Waals surface area contributed by atoms with E-state index < -0.39 is 0 Å². The van der Waals surface area contributed by atoms with Crippen molar-refractivity contribution < 1.29 is 14.3 Å². The molecule has 114 valence electrons. The first-order chi connectivity index (χ1) is 10.3. The minimum Gasteiger partial charge on any atom is -0.486 e. The van der Waals surface area contributed by atoms with Crippen LogP contribution in [0.15, 0.2) is 24.3 Å². The number of nitrogens with one attached hydrogen (secondary N) is 2. The number of carbonyl (C=O) groups is 1. The molecule has 2 atom stereocenters. The lowest BCUT2D eigenvalue weighted by atomic mass is 10.0. The van der Waals surface area contributed by atoms with Crippen molar-refractivity contribution in [1.29, 1.82) is 0 Å². The molecule has 0 spiro atoms.